The van der Waals surface area contributed by atoms with E-state index in [0.29, 0.717) is 0 Å². The molecule has 0 fully saturated rings. The summed E-state index contributed by atoms with van der Waals surface area (Å²) in [6, 6.07) is 9.90. The second-order valence-electron chi connectivity index (χ2n) is 5.16. The molecule has 1 amide bonds. The number of carbonyl (C=O) groups excluding carboxylic acids is 1. The number of amides is 1. The zero-order chi connectivity index (χ0) is 15.4. The Kier molecular flexibility index (Phi) is 4.44. The third-order valence-corrected chi connectivity index (χ3v) is 3.59. The van der Waals surface area contributed by atoms with Crippen LogP contribution >= 0.6 is 0 Å². The number of carbonyl (C=O) groups is 1. The van der Waals surface area contributed by atoms with Crippen LogP contribution in [0.15, 0.2) is 29.8 Å². The molecule has 2 rings (SSSR count). The standard InChI is InChI=1S/C17H19N3O/c1-4-11(2)19-17(21)13(10-18)9-15-12(3)20-16-8-6-5-7-14(15)16/h5-9,11,20H,4H2,1-3H3,(H,19,21)/b13-9+. The number of H-pyrrole nitrogens is 1. The van der Waals surface area contributed by atoms with Gasteiger partial charge in [-0.05, 0) is 32.4 Å². The molecule has 1 atom stereocenters. The first-order valence-corrected chi connectivity index (χ1v) is 7.06. The fourth-order valence-electron chi connectivity index (χ4n) is 2.18. The topological polar surface area (TPSA) is 68.7 Å². The molecule has 0 bridgehead atoms. The lowest BCUT2D eigenvalue weighted by molar-refractivity contribution is -0.117. The average Bonchev–Trinajstić information content (AvgIpc) is 2.79. The van der Waals surface area contributed by atoms with Crippen LogP contribution in [0.4, 0.5) is 0 Å². The number of rotatable bonds is 4. The van der Waals surface area contributed by atoms with Crippen LogP contribution in [0.2, 0.25) is 0 Å². The van der Waals surface area contributed by atoms with Crippen molar-refractivity contribution in [3.8, 4) is 6.07 Å². The first-order chi connectivity index (χ1) is 10.1. The number of aromatic amines is 1. The third kappa shape index (κ3) is 3.14. The predicted octanol–water partition coefficient (Wildman–Crippen LogP) is 3.30. The number of para-hydroxylation sites is 1. The summed E-state index contributed by atoms with van der Waals surface area (Å²) < 4.78 is 0. The molecule has 21 heavy (non-hydrogen) atoms. The van der Waals surface area contributed by atoms with E-state index in [2.05, 4.69) is 10.3 Å². The van der Waals surface area contributed by atoms with Gasteiger partial charge in [0, 0.05) is 28.2 Å². The maximum atomic E-state index is 12.1. The van der Waals surface area contributed by atoms with Gasteiger partial charge in [0.1, 0.15) is 11.6 Å². The molecule has 2 aromatic rings. The van der Waals surface area contributed by atoms with E-state index in [1.54, 1.807) is 6.08 Å². The van der Waals surface area contributed by atoms with Crippen molar-refractivity contribution in [3.63, 3.8) is 0 Å². The quantitative estimate of drug-likeness (QED) is 0.667. The minimum Gasteiger partial charge on any atom is -0.358 e. The summed E-state index contributed by atoms with van der Waals surface area (Å²) in [5, 5.41) is 13.1. The summed E-state index contributed by atoms with van der Waals surface area (Å²) in [6.45, 7) is 5.85. The predicted molar refractivity (Wildman–Crippen MR) is 84.5 cm³/mol. The highest BCUT2D eigenvalue weighted by molar-refractivity contribution is 6.04. The smallest absolute Gasteiger partial charge is 0.262 e. The fourth-order valence-corrected chi connectivity index (χ4v) is 2.18. The second-order valence-corrected chi connectivity index (χ2v) is 5.16. The summed E-state index contributed by atoms with van der Waals surface area (Å²) >= 11 is 0. The highest BCUT2D eigenvalue weighted by atomic mass is 16.1. The Balaban J connectivity index is 2.41. The highest BCUT2D eigenvalue weighted by Gasteiger charge is 2.13. The van der Waals surface area contributed by atoms with Crippen LogP contribution in [0.5, 0.6) is 0 Å². The maximum Gasteiger partial charge on any atom is 0.262 e. The number of nitrogens with zero attached hydrogens (tertiary/aromatic N) is 1. The molecule has 1 aromatic heterocycles. The molecule has 0 radical (unpaired) electrons. The molecular weight excluding hydrogens is 262 g/mol. The zero-order valence-corrected chi connectivity index (χ0v) is 12.5. The van der Waals surface area contributed by atoms with E-state index in [1.165, 1.54) is 0 Å². The first-order valence-electron chi connectivity index (χ1n) is 7.06. The highest BCUT2D eigenvalue weighted by Crippen LogP contribution is 2.24. The fraction of sp³-hybridized carbons (Fsp3) is 0.294. The normalized spacial score (nSPS) is 13.0. The number of hydrogen-bond donors (Lipinski definition) is 2. The zero-order valence-electron chi connectivity index (χ0n) is 12.5. The van der Waals surface area contributed by atoms with E-state index < -0.39 is 0 Å². The molecule has 0 aliphatic rings. The number of hydrogen-bond acceptors (Lipinski definition) is 2. The number of benzene rings is 1. The van der Waals surface area contributed by atoms with Crippen LogP contribution in [0.1, 0.15) is 31.5 Å². The van der Waals surface area contributed by atoms with Crippen molar-refractivity contribution in [2.75, 3.05) is 0 Å². The molecule has 4 nitrogen and oxygen atoms in total. The summed E-state index contributed by atoms with van der Waals surface area (Å²) in [5.74, 6) is -0.323. The minimum atomic E-state index is -0.323. The van der Waals surface area contributed by atoms with Gasteiger partial charge in [-0.1, -0.05) is 25.1 Å². The van der Waals surface area contributed by atoms with E-state index in [1.807, 2.05) is 51.1 Å². The van der Waals surface area contributed by atoms with E-state index in [9.17, 15) is 10.1 Å². The lowest BCUT2D eigenvalue weighted by Crippen LogP contribution is -2.32. The molecule has 2 N–H and O–H groups in total. The minimum absolute atomic E-state index is 0.0540. The van der Waals surface area contributed by atoms with Crippen LogP contribution in [0.3, 0.4) is 0 Å². The molecule has 108 valence electrons. The van der Waals surface area contributed by atoms with E-state index in [-0.39, 0.29) is 17.5 Å². The summed E-state index contributed by atoms with van der Waals surface area (Å²) in [7, 11) is 0. The van der Waals surface area contributed by atoms with Gasteiger partial charge in [-0.3, -0.25) is 4.79 Å². The number of aryl methyl sites for hydroxylation is 1. The van der Waals surface area contributed by atoms with Crippen molar-refractivity contribution in [2.24, 2.45) is 0 Å². The molecule has 1 unspecified atom stereocenters. The van der Waals surface area contributed by atoms with Crippen molar-refractivity contribution in [2.45, 2.75) is 33.2 Å². The average molecular weight is 281 g/mol. The summed E-state index contributed by atoms with van der Waals surface area (Å²) in [4.78, 5) is 15.4. The van der Waals surface area contributed by atoms with Gasteiger partial charge >= 0.3 is 0 Å². The van der Waals surface area contributed by atoms with Crippen LogP contribution in [0.25, 0.3) is 17.0 Å². The van der Waals surface area contributed by atoms with Gasteiger partial charge < -0.3 is 10.3 Å². The molecule has 0 saturated heterocycles. The number of aromatic nitrogens is 1. The Morgan fingerprint density at radius 3 is 2.86 bits per heavy atom. The van der Waals surface area contributed by atoms with Crippen molar-refractivity contribution in [1.82, 2.24) is 10.3 Å². The van der Waals surface area contributed by atoms with Gasteiger partial charge in [0.05, 0.1) is 0 Å². The van der Waals surface area contributed by atoms with E-state index >= 15 is 0 Å². The lowest BCUT2D eigenvalue weighted by atomic mass is 10.1. The number of nitrogens with one attached hydrogen (secondary N) is 2. The van der Waals surface area contributed by atoms with Gasteiger partial charge in [-0.15, -0.1) is 0 Å². The molecule has 1 heterocycles. The molecular formula is C17H19N3O. The maximum absolute atomic E-state index is 12.1. The van der Waals surface area contributed by atoms with Crippen molar-refractivity contribution in [1.29, 1.82) is 5.26 Å². The Labute approximate surface area is 124 Å². The van der Waals surface area contributed by atoms with E-state index in [0.717, 1.165) is 28.6 Å². The van der Waals surface area contributed by atoms with Gasteiger partial charge in [0.15, 0.2) is 0 Å². The summed E-state index contributed by atoms with van der Waals surface area (Å²) in [6.07, 6.45) is 2.49. The number of nitriles is 1. The molecule has 1 aromatic carbocycles. The van der Waals surface area contributed by atoms with Crippen molar-refractivity contribution >= 4 is 22.9 Å². The Hall–Kier alpha value is -2.54. The third-order valence-electron chi connectivity index (χ3n) is 3.59. The Morgan fingerprint density at radius 1 is 1.48 bits per heavy atom. The molecule has 0 aliphatic carbocycles. The lowest BCUT2D eigenvalue weighted by Gasteiger charge is -2.10. The van der Waals surface area contributed by atoms with Crippen LogP contribution in [-0.4, -0.2) is 16.9 Å². The van der Waals surface area contributed by atoms with Crippen molar-refractivity contribution in [3.05, 3.63) is 41.1 Å². The van der Waals surface area contributed by atoms with Gasteiger partial charge in [0.25, 0.3) is 5.91 Å². The molecule has 4 heteroatoms. The first kappa shape index (κ1) is 14.9. The molecule has 0 saturated carbocycles. The van der Waals surface area contributed by atoms with Crippen molar-refractivity contribution < 1.29 is 4.79 Å². The van der Waals surface area contributed by atoms with Gasteiger partial charge in [-0.25, -0.2) is 0 Å². The monoisotopic (exact) mass is 281 g/mol. The van der Waals surface area contributed by atoms with E-state index in [4.69, 9.17) is 0 Å². The Morgan fingerprint density at radius 2 is 2.19 bits per heavy atom. The van der Waals surface area contributed by atoms with Crippen LogP contribution < -0.4 is 5.32 Å². The van der Waals surface area contributed by atoms with Crippen LogP contribution in [0, 0.1) is 18.3 Å². The molecule has 0 spiro atoms. The molecule has 0 aliphatic heterocycles. The summed E-state index contributed by atoms with van der Waals surface area (Å²) in [5.41, 5.74) is 2.96. The Bertz CT molecular complexity index is 734. The second kappa shape index (κ2) is 6.27. The number of fused-ring (bicyclic) bond motifs is 1. The van der Waals surface area contributed by atoms with Crippen LogP contribution in [-0.2, 0) is 4.79 Å². The largest absolute Gasteiger partial charge is 0.358 e. The SMILES string of the molecule is CCC(C)NC(=O)/C(C#N)=C/c1c(C)[nH]c2ccccc12. The van der Waals surface area contributed by atoms with Gasteiger partial charge in [0.2, 0.25) is 0 Å². The van der Waals surface area contributed by atoms with Gasteiger partial charge in [-0.2, -0.15) is 5.26 Å².